The summed E-state index contributed by atoms with van der Waals surface area (Å²) in [4.78, 5) is 11.1. The van der Waals surface area contributed by atoms with E-state index in [1.54, 1.807) is 0 Å². The number of unbranched alkanes of at least 4 members (excludes halogenated alkanes) is 1. The van der Waals surface area contributed by atoms with Crippen LogP contribution < -0.4 is 0 Å². The van der Waals surface area contributed by atoms with Crippen molar-refractivity contribution < 1.29 is 0 Å². The van der Waals surface area contributed by atoms with Gasteiger partial charge in [-0.25, -0.2) is 0 Å². The van der Waals surface area contributed by atoms with E-state index in [2.05, 4.69) is 105 Å². The van der Waals surface area contributed by atoms with Crippen molar-refractivity contribution in [3.63, 3.8) is 0 Å². The minimum atomic E-state index is -1.28. The lowest BCUT2D eigenvalue weighted by atomic mass is 9.92. The van der Waals surface area contributed by atoms with E-state index in [1.165, 1.54) is 110 Å². The summed E-state index contributed by atoms with van der Waals surface area (Å²) in [5, 5.41) is 0. The van der Waals surface area contributed by atoms with Crippen molar-refractivity contribution in [2.75, 3.05) is 0 Å². The second-order valence-corrected chi connectivity index (χ2v) is 21.3. The van der Waals surface area contributed by atoms with E-state index in [-0.39, 0.29) is 0 Å². The molecule has 0 spiro atoms. The predicted octanol–water partition coefficient (Wildman–Crippen LogP) is 14.2. The third kappa shape index (κ3) is 8.68. The summed E-state index contributed by atoms with van der Waals surface area (Å²) in [6.45, 7) is 23.5. The van der Waals surface area contributed by atoms with E-state index in [9.17, 15) is 0 Å². The van der Waals surface area contributed by atoms with E-state index >= 15 is 0 Å². The van der Waals surface area contributed by atoms with Crippen molar-refractivity contribution in [1.29, 1.82) is 0 Å². The maximum absolute atomic E-state index is 5.63. The maximum Gasteiger partial charge on any atom is 0.0702 e. The average Bonchev–Trinajstić information content (AvgIpc) is 3.74. The van der Waals surface area contributed by atoms with Crippen LogP contribution in [0.1, 0.15) is 179 Å². The van der Waals surface area contributed by atoms with E-state index < -0.39 is 8.07 Å². The maximum atomic E-state index is 5.63. The lowest BCUT2D eigenvalue weighted by Gasteiger charge is -2.39. The zero-order chi connectivity index (χ0) is 32.7. The van der Waals surface area contributed by atoms with Gasteiger partial charge >= 0.3 is 0 Å². The topological polar surface area (TPSA) is 24.7 Å². The Labute approximate surface area is 279 Å². The smallest absolute Gasteiger partial charge is 0.0702 e. The molecule has 2 aromatic carbocycles. The highest BCUT2D eigenvalue weighted by Crippen LogP contribution is 2.52. The van der Waals surface area contributed by atoms with Gasteiger partial charge in [0.05, 0.1) is 30.9 Å². The quantitative estimate of drug-likeness (QED) is 0.113. The van der Waals surface area contributed by atoms with Crippen molar-refractivity contribution in [3.8, 4) is 0 Å². The summed E-state index contributed by atoms with van der Waals surface area (Å²) >= 11 is 0. The Hall–Kier alpha value is -2.00. The lowest BCUT2D eigenvalue weighted by molar-refractivity contribution is 0.712. The molecule has 45 heavy (non-hydrogen) atoms. The number of benzene rings is 2. The Balaban J connectivity index is 1.71. The summed E-state index contributed by atoms with van der Waals surface area (Å²) in [7, 11) is -1.28. The molecule has 0 aliphatic heterocycles. The zero-order valence-electron chi connectivity index (χ0n) is 30.8. The van der Waals surface area contributed by atoms with Crippen LogP contribution in [0.4, 0.5) is 11.4 Å². The van der Waals surface area contributed by atoms with Gasteiger partial charge in [-0.1, -0.05) is 162 Å². The molecule has 0 N–H and O–H groups in total. The molecule has 0 saturated heterocycles. The molecule has 2 aromatic rings. The SMILES string of the molecule is CC(=Nc1c(C(C)C)cccc1C(C)C)C(CCCC[Si](C)(C1CCCC1)C1CCCC1)=Nc1c(C(C)C)cccc1C(C)C. The fourth-order valence-corrected chi connectivity index (χ4v) is 14.6. The lowest BCUT2D eigenvalue weighted by Crippen LogP contribution is -2.39. The molecule has 2 nitrogen and oxygen atoms in total. The van der Waals surface area contributed by atoms with Crippen LogP contribution in [0, 0.1) is 0 Å². The molecule has 0 unspecified atom stereocenters. The molecular formula is C42H66N2Si. The van der Waals surface area contributed by atoms with E-state index in [1.807, 2.05) is 0 Å². The van der Waals surface area contributed by atoms with E-state index in [0.29, 0.717) is 23.7 Å². The average molecular weight is 627 g/mol. The van der Waals surface area contributed by atoms with E-state index in [0.717, 1.165) is 23.2 Å². The van der Waals surface area contributed by atoms with Crippen molar-refractivity contribution in [2.45, 2.75) is 180 Å². The van der Waals surface area contributed by atoms with Gasteiger partial charge in [0.15, 0.2) is 0 Å². The third-order valence-electron chi connectivity index (χ3n) is 11.6. The molecule has 0 atom stereocenters. The van der Waals surface area contributed by atoms with Crippen LogP contribution in [-0.4, -0.2) is 19.5 Å². The summed E-state index contributed by atoms with van der Waals surface area (Å²) in [5.41, 5.74) is 12.2. The summed E-state index contributed by atoms with van der Waals surface area (Å²) < 4.78 is 0. The second kappa shape index (κ2) is 16.2. The molecule has 0 radical (unpaired) electrons. The molecule has 2 saturated carbocycles. The van der Waals surface area contributed by atoms with Gasteiger partial charge in [0.1, 0.15) is 0 Å². The monoisotopic (exact) mass is 626 g/mol. The van der Waals surface area contributed by atoms with Crippen molar-refractivity contribution in [3.05, 3.63) is 58.7 Å². The van der Waals surface area contributed by atoms with Gasteiger partial charge in [-0.3, -0.25) is 9.98 Å². The number of para-hydroxylation sites is 2. The number of hydrogen-bond donors (Lipinski definition) is 0. The normalized spacial score (nSPS) is 17.6. The third-order valence-corrected chi connectivity index (χ3v) is 17.9. The molecule has 0 aromatic heterocycles. The highest BCUT2D eigenvalue weighted by Gasteiger charge is 2.44. The van der Waals surface area contributed by atoms with Crippen LogP contribution in [0.25, 0.3) is 0 Å². The first kappa shape index (κ1) is 35.8. The predicted molar refractivity (Wildman–Crippen MR) is 204 cm³/mol. The van der Waals surface area contributed by atoms with E-state index in [4.69, 9.17) is 9.98 Å². The minimum absolute atomic E-state index is 0.429. The van der Waals surface area contributed by atoms with Crippen LogP contribution >= 0.6 is 0 Å². The Morgan fingerprint density at radius 1 is 0.622 bits per heavy atom. The molecule has 3 heteroatoms. The number of aliphatic imine (C=N–C) groups is 2. The number of hydrogen-bond acceptors (Lipinski definition) is 2. The fourth-order valence-electron chi connectivity index (χ4n) is 8.68. The first-order valence-electron chi connectivity index (χ1n) is 18.8. The van der Waals surface area contributed by atoms with Gasteiger partial charge in [0.2, 0.25) is 0 Å². The molecule has 4 rings (SSSR count). The zero-order valence-corrected chi connectivity index (χ0v) is 31.8. The standard InChI is InChI=1S/C42H66N2Si/c1-29(2)36-23-17-24-37(30(3)4)41(36)43-33(9)40(44-42-38(31(5)6)25-18-26-39(42)32(7)8)27-15-16-28-45(10,34-19-11-12-20-34)35-21-13-14-22-35/h17-18,23-26,29-32,34-35H,11-16,19-22,27-28H2,1-10H3. The Bertz CT molecular complexity index is 1230. The molecule has 0 amide bonds. The highest BCUT2D eigenvalue weighted by atomic mass is 28.3. The van der Waals surface area contributed by atoms with Crippen molar-refractivity contribution in [2.24, 2.45) is 9.98 Å². The van der Waals surface area contributed by atoms with Gasteiger partial charge in [-0.15, -0.1) is 0 Å². The van der Waals surface area contributed by atoms with Crippen LogP contribution in [-0.2, 0) is 0 Å². The van der Waals surface area contributed by atoms with Gasteiger partial charge in [-0.2, -0.15) is 0 Å². The number of rotatable bonds is 14. The minimum Gasteiger partial charge on any atom is -0.251 e. The summed E-state index contributed by atoms with van der Waals surface area (Å²) in [5.74, 6) is 1.72. The molecule has 2 fully saturated rings. The molecule has 0 heterocycles. The van der Waals surface area contributed by atoms with Gasteiger partial charge < -0.3 is 0 Å². The molecular weight excluding hydrogens is 561 g/mol. The molecule has 2 aliphatic rings. The van der Waals surface area contributed by atoms with Crippen LogP contribution in [0.2, 0.25) is 23.7 Å². The van der Waals surface area contributed by atoms with Gasteiger partial charge in [0.25, 0.3) is 0 Å². The summed E-state index contributed by atoms with van der Waals surface area (Å²) in [6.07, 6.45) is 15.6. The summed E-state index contributed by atoms with van der Waals surface area (Å²) in [6, 6.07) is 15.1. The second-order valence-electron chi connectivity index (χ2n) is 16.1. The molecule has 248 valence electrons. The van der Waals surface area contributed by atoms with Gasteiger partial charge in [-0.05, 0) is 76.8 Å². The first-order chi connectivity index (χ1) is 21.4. The van der Waals surface area contributed by atoms with Crippen LogP contribution in [0.5, 0.6) is 0 Å². The first-order valence-corrected chi connectivity index (χ1v) is 21.7. The van der Waals surface area contributed by atoms with Crippen molar-refractivity contribution in [1.82, 2.24) is 0 Å². The van der Waals surface area contributed by atoms with Crippen LogP contribution in [0.3, 0.4) is 0 Å². The number of nitrogens with zero attached hydrogens (tertiary/aromatic N) is 2. The van der Waals surface area contributed by atoms with Crippen molar-refractivity contribution >= 4 is 30.9 Å². The Morgan fingerprint density at radius 2 is 1.00 bits per heavy atom. The van der Waals surface area contributed by atoms with Gasteiger partial charge in [0, 0.05) is 0 Å². The molecule has 0 bridgehead atoms. The fraction of sp³-hybridized carbons (Fsp3) is 0.667. The highest BCUT2D eigenvalue weighted by molar-refractivity contribution is 6.81. The Morgan fingerprint density at radius 3 is 1.38 bits per heavy atom. The largest absolute Gasteiger partial charge is 0.251 e. The molecule has 2 aliphatic carbocycles. The van der Waals surface area contributed by atoms with Crippen LogP contribution in [0.15, 0.2) is 46.4 Å². The Kier molecular flexibility index (Phi) is 12.9.